The lowest BCUT2D eigenvalue weighted by Gasteiger charge is -2.32. The van der Waals surface area contributed by atoms with Crippen LogP contribution in [0.5, 0.6) is 0 Å². The molecule has 1 aliphatic carbocycles. The standard InChI is InChI=1S/C23H23N3O3S/c27-26(28)20-8-4-5-17(16-20)15-18-9-10-21(22(18)25-11-13-29-14-12-25)23(30)24-19-6-2-1-3-7-19/h1-8,15-16H,9-14H2,(H,24,30)/b18-15+. The van der Waals surface area contributed by atoms with Crippen LogP contribution >= 0.6 is 12.2 Å². The van der Waals surface area contributed by atoms with Gasteiger partial charge in [-0.1, -0.05) is 42.5 Å². The third-order valence-corrected chi connectivity index (χ3v) is 5.64. The van der Waals surface area contributed by atoms with E-state index in [1.54, 1.807) is 12.1 Å². The van der Waals surface area contributed by atoms with E-state index in [1.165, 1.54) is 6.07 Å². The Bertz CT molecular complexity index is 1010. The number of allylic oxidation sites excluding steroid dienone is 1. The SMILES string of the molecule is O=[N+]([O-])c1cccc(/C=C2\CCC(C(=S)Nc3ccccc3)=C2N2CCOCC2)c1. The molecule has 0 spiro atoms. The smallest absolute Gasteiger partial charge is 0.270 e. The van der Waals surface area contributed by atoms with Gasteiger partial charge in [-0.15, -0.1) is 0 Å². The van der Waals surface area contributed by atoms with Gasteiger partial charge in [-0.25, -0.2) is 0 Å². The molecule has 0 unspecified atom stereocenters. The Morgan fingerprint density at radius 3 is 2.60 bits per heavy atom. The summed E-state index contributed by atoms with van der Waals surface area (Å²) in [4.78, 5) is 13.8. The first kappa shape index (κ1) is 20.3. The van der Waals surface area contributed by atoms with E-state index in [4.69, 9.17) is 17.0 Å². The molecule has 7 heteroatoms. The van der Waals surface area contributed by atoms with E-state index in [1.807, 2.05) is 36.4 Å². The van der Waals surface area contributed by atoms with Gasteiger partial charge in [0.05, 0.1) is 18.1 Å². The molecule has 1 heterocycles. The lowest BCUT2D eigenvalue weighted by atomic mass is 10.1. The van der Waals surface area contributed by atoms with E-state index in [0.29, 0.717) is 13.2 Å². The van der Waals surface area contributed by atoms with E-state index in [9.17, 15) is 10.1 Å². The molecule has 1 fully saturated rings. The van der Waals surface area contributed by atoms with Gasteiger partial charge in [-0.3, -0.25) is 10.1 Å². The third kappa shape index (κ3) is 4.58. The van der Waals surface area contributed by atoms with Gasteiger partial charge in [-0.2, -0.15) is 0 Å². The zero-order chi connectivity index (χ0) is 20.9. The second-order valence-electron chi connectivity index (χ2n) is 7.27. The first-order chi connectivity index (χ1) is 14.6. The molecule has 0 saturated carbocycles. The van der Waals surface area contributed by atoms with Crippen LogP contribution in [0, 0.1) is 10.1 Å². The molecule has 0 radical (unpaired) electrons. The number of thiocarbonyl (C=S) groups is 1. The molecule has 0 atom stereocenters. The van der Waals surface area contributed by atoms with Crippen molar-refractivity contribution < 1.29 is 9.66 Å². The van der Waals surface area contributed by atoms with Crippen molar-refractivity contribution in [3.8, 4) is 0 Å². The van der Waals surface area contributed by atoms with E-state index in [0.717, 1.165) is 59.0 Å². The third-order valence-electron chi connectivity index (χ3n) is 5.29. The number of nitrogens with zero attached hydrogens (tertiary/aromatic N) is 2. The number of benzene rings is 2. The largest absolute Gasteiger partial charge is 0.378 e. The minimum atomic E-state index is -0.361. The number of morpholine rings is 1. The topological polar surface area (TPSA) is 67.6 Å². The molecular formula is C23H23N3O3S. The van der Waals surface area contributed by atoms with Crippen molar-refractivity contribution >= 4 is 34.7 Å². The number of ether oxygens (including phenoxy) is 1. The van der Waals surface area contributed by atoms with Crippen molar-refractivity contribution in [3.05, 3.63) is 87.1 Å². The number of nitrogens with one attached hydrogen (secondary N) is 1. The Balaban J connectivity index is 1.69. The van der Waals surface area contributed by atoms with E-state index in [2.05, 4.69) is 16.3 Å². The first-order valence-electron chi connectivity index (χ1n) is 9.99. The summed E-state index contributed by atoms with van der Waals surface area (Å²) in [5, 5.41) is 14.5. The molecule has 1 N–H and O–H groups in total. The molecule has 4 rings (SSSR count). The number of hydrogen-bond acceptors (Lipinski definition) is 5. The van der Waals surface area contributed by atoms with Crippen molar-refractivity contribution in [1.82, 2.24) is 4.90 Å². The van der Waals surface area contributed by atoms with Crippen LogP contribution in [0.15, 0.2) is 71.4 Å². The van der Waals surface area contributed by atoms with Crippen LogP contribution in [-0.4, -0.2) is 41.1 Å². The molecule has 1 aliphatic heterocycles. The first-order valence-corrected chi connectivity index (χ1v) is 10.4. The quantitative estimate of drug-likeness (QED) is 0.425. The number of hydrogen-bond donors (Lipinski definition) is 1. The van der Waals surface area contributed by atoms with E-state index >= 15 is 0 Å². The fraction of sp³-hybridized carbons (Fsp3) is 0.261. The Labute approximate surface area is 181 Å². The molecule has 2 aromatic rings. The fourth-order valence-corrected chi connectivity index (χ4v) is 4.21. The van der Waals surface area contributed by atoms with Gasteiger partial charge in [0.2, 0.25) is 0 Å². The molecule has 0 amide bonds. The summed E-state index contributed by atoms with van der Waals surface area (Å²) in [6.07, 6.45) is 3.74. The average molecular weight is 422 g/mol. The number of anilines is 1. The average Bonchev–Trinajstić information content (AvgIpc) is 3.19. The van der Waals surface area contributed by atoms with E-state index < -0.39 is 0 Å². The predicted molar refractivity (Wildman–Crippen MR) is 122 cm³/mol. The second-order valence-corrected chi connectivity index (χ2v) is 7.68. The van der Waals surface area contributed by atoms with Gasteiger partial charge < -0.3 is 15.0 Å². The fourth-order valence-electron chi connectivity index (χ4n) is 3.89. The Hall–Kier alpha value is -3.03. The van der Waals surface area contributed by atoms with Crippen LogP contribution in [0.4, 0.5) is 11.4 Å². The van der Waals surface area contributed by atoms with Crippen molar-refractivity contribution in [2.75, 3.05) is 31.6 Å². The van der Waals surface area contributed by atoms with Crippen LogP contribution in [-0.2, 0) is 4.74 Å². The minimum Gasteiger partial charge on any atom is -0.378 e. The number of rotatable bonds is 5. The van der Waals surface area contributed by atoms with Gasteiger partial charge in [0, 0.05) is 42.2 Å². The minimum absolute atomic E-state index is 0.0979. The van der Waals surface area contributed by atoms with Crippen molar-refractivity contribution in [2.45, 2.75) is 12.8 Å². The molecule has 0 aromatic heterocycles. The Morgan fingerprint density at radius 1 is 1.10 bits per heavy atom. The van der Waals surface area contributed by atoms with Gasteiger partial charge in [0.15, 0.2) is 0 Å². The monoisotopic (exact) mass is 421 g/mol. The Kier molecular flexibility index (Phi) is 6.21. The molecule has 0 bridgehead atoms. The lowest BCUT2D eigenvalue weighted by Crippen LogP contribution is -2.36. The molecule has 1 saturated heterocycles. The van der Waals surface area contributed by atoms with Crippen molar-refractivity contribution in [2.24, 2.45) is 0 Å². The zero-order valence-corrected chi connectivity index (χ0v) is 17.4. The summed E-state index contributed by atoms with van der Waals surface area (Å²) >= 11 is 5.77. The number of nitro groups is 1. The predicted octanol–water partition coefficient (Wildman–Crippen LogP) is 4.80. The molecule has 30 heavy (non-hydrogen) atoms. The van der Waals surface area contributed by atoms with Gasteiger partial charge in [0.1, 0.15) is 4.99 Å². The summed E-state index contributed by atoms with van der Waals surface area (Å²) in [5.74, 6) is 0. The highest BCUT2D eigenvalue weighted by atomic mass is 32.1. The van der Waals surface area contributed by atoms with Crippen LogP contribution in [0.2, 0.25) is 0 Å². The highest BCUT2D eigenvalue weighted by Gasteiger charge is 2.28. The molecule has 2 aliphatic rings. The maximum Gasteiger partial charge on any atom is 0.270 e. The molecular weight excluding hydrogens is 398 g/mol. The molecule has 154 valence electrons. The van der Waals surface area contributed by atoms with Crippen LogP contribution < -0.4 is 5.32 Å². The summed E-state index contributed by atoms with van der Waals surface area (Å²) in [6.45, 7) is 2.97. The van der Waals surface area contributed by atoms with Crippen molar-refractivity contribution in [3.63, 3.8) is 0 Å². The Morgan fingerprint density at radius 2 is 1.87 bits per heavy atom. The highest BCUT2D eigenvalue weighted by Crippen LogP contribution is 2.37. The van der Waals surface area contributed by atoms with Crippen LogP contribution in [0.25, 0.3) is 6.08 Å². The molecule has 2 aromatic carbocycles. The van der Waals surface area contributed by atoms with Gasteiger partial charge in [-0.05, 0) is 42.2 Å². The molecule has 6 nitrogen and oxygen atoms in total. The maximum atomic E-state index is 11.1. The van der Waals surface area contributed by atoms with Gasteiger partial charge in [0.25, 0.3) is 5.69 Å². The normalized spacial score (nSPS) is 18.0. The van der Waals surface area contributed by atoms with E-state index in [-0.39, 0.29) is 10.6 Å². The van der Waals surface area contributed by atoms with Crippen LogP contribution in [0.3, 0.4) is 0 Å². The summed E-state index contributed by atoms with van der Waals surface area (Å²) < 4.78 is 5.54. The lowest BCUT2D eigenvalue weighted by molar-refractivity contribution is -0.384. The van der Waals surface area contributed by atoms with Crippen molar-refractivity contribution in [1.29, 1.82) is 0 Å². The van der Waals surface area contributed by atoms with Gasteiger partial charge >= 0.3 is 0 Å². The highest BCUT2D eigenvalue weighted by molar-refractivity contribution is 7.81. The summed E-state index contributed by atoms with van der Waals surface area (Å²) in [5.41, 5.74) is 5.30. The number of nitro benzene ring substituents is 1. The number of non-ortho nitro benzene ring substituents is 1. The van der Waals surface area contributed by atoms with Crippen LogP contribution in [0.1, 0.15) is 18.4 Å². The summed E-state index contributed by atoms with van der Waals surface area (Å²) in [6, 6.07) is 16.7. The zero-order valence-electron chi connectivity index (χ0n) is 16.5. The summed E-state index contributed by atoms with van der Waals surface area (Å²) in [7, 11) is 0. The second kappa shape index (κ2) is 9.19. The number of para-hydroxylation sites is 1. The maximum absolute atomic E-state index is 11.1.